The van der Waals surface area contributed by atoms with Crippen LogP contribution in [0.4, 0.5) is 0 Å². The predicted molar refractivity (Wildman–Crippen MR) is 52.9 cm³/mol. The van der Waals surface area contributed by atoms with E-state index in [-0.39, 0.29) is 5.75 Å². The van der Waals surface area contributed by atoms with Crippen molar-refractivity contribution in [3.05, 3.63) is 0 Å². The molecule has 0 aromatic heterocycles. The van der Waals surface area contributed by atoms with Gasteiger partial charge in [0.1, 0.15) is 0 Å². The van der Waals surface area contributed by atoms with E-state index < -0.39 is 10.1 Å². The van der Waals surface area contributed by atoms with E-state index >= 15 is 0 Å². The Morgan fingerprint density at radius 2 is 1.31 bits per heavy atom. The second kappa shape index (κ2) is 7.59. The van der Waals surface area contributed by atoms with Crippen LogP contribution in [0.15, 0.2) is 0 Å². The largest absolute Gasteiger partial charge is 0.294 e. The number of halogens is 1. The first-order valence-electron chi connectivity index (χ1n) is 4.56. The average Bonchev–Trinajstić information content (AvgIpc) is 2.01. The Morgan fingerprint density at radius 3 is 1.77 bits per heavy atom. The Morgan fingerprint density at radius 1 is 0.846 bits per heavy atom. The van der Waals surface area contributed by atoms with Crippen LogP contribution >= 0.6 is 11.6 Å². The minimum Gasteiger partial charge on any atom is -0.197 e. The van der Waals surface area contributed by atoms with Crippen LogP contribution in [0.2, 0.25) is 0 Å². The van der Waals surface area contributed by atoms with Gasteiger partial charge in [-0.05, 0) is 12.8 Å². The summed E-state index contributed by atoms with van der Waals surface area (Å²) in [6, 6.07) is 0. The Hall–Kier alpha value is 0.200. The number of rotatable bonds is 8. The predicted octanol–water partition coefficient (Wildman–Crippen LogP) is 2.33. The highest BCUT2D eigenvalue weighted by atomic mass is 35.5. The summed E-state index contributed by atoms with van der Waals surface area (Å²) in [5, 5.41) is 0. The van der Waals surface area contributed by atoms with E-state index in [0.717, 1.165) is 32.1 Å². The fourth-order valence-electron chi connectivity index (χ4n) is 1.08. The van der Waals surface area contributed by atoms with Gasteiger partial charge in [-0.25, -0.2) is 0 Å². The normalized spacial score (nSPS) is 11.8. The molecule has 0 saturated carbocycles. The average molecular weight is 228 g/mol. The van der Waals surface area contributed by atoms with Gasteiger partial charge in [0.15, 0.2) is 0 Å². The first-order chi connectivity index (χ1) is 6.06. The Kier molecular flexibility index (Phi) is 7.71. The lowest BCUT2D eigenvalue weighted by Gasteiger charge is -1.98. The SMILES string of the molecule is [O]S(=O)(=O)CCCCCCCCCl. The Bertz CT molecular complexity index is 201. The zero-order valence-corrected chi connectivity index (χ0v) is 9.24. The molecular weight excluding hydrogens is 212 g/mol. The molecule has 0 rings (SSSR count). The summed E-state index contributed by atoms with van der Waals surface area (Å²) < 4.78 is 30.6. The molecule has 0 aromatic rings. The van der Waals surface area contributed by atoms with Gasteiger partial charge in [0.05, 0.1) is 5.75 Å². The van der Waals surface area contributed by atoms with Gasteiger partial charge < -0.3 is 0 Å². The number of hydrogen-bond acceptors (Lipinski definition) is 2. The van der Waals surface area contributed by atoms with Crippen LogP contribution in [-0.4, -0.2) is 20.1 Å². The van der Waals surface area contributed by atoms with Crippen LogP contribution in [0.3, 0.4) is 0 Å². The lowest BCUT2D eigenvalue weighted by Crippen LogP contribution is -2.01. The minimum atomic E-state index is -3.99. The molecular formula is C8H16ClO3S. The third-order valence-corrected chi connectivity index (χ3v) is 2.83. The van der Waals surface area contributed by atoms with E-state index in [1.165, 1.54) is 0 Å². The topological polar surface area (TPSA) is 54.0 Å². The van der Waals surface area contributed by atoms with Crippen LogP contribution in [-0.2, 0) is 14.7 Å². The highest BCUT2D eigenvalue weighted by molar-refractivity contribution is 7.85. The summed E-state index contributed by atoms with van der Waals surface area (Å²) in [4.78, 5) is 0. The molecule has 0 heterocycles. The molecule has 0 amide bonds. The van der Waals surface area contributed by atoms with Crippen molar-refractivity contribution in [1.82, 2.24) is 0 Å². The highest BCUT2D eigenvalue weighted by Crippen LogP contribution is 2.06. The third kappa shape index (κ3) is 12.2. The monoisotopic (exact) mass is 227 g/mol. The molecule has 5 heteroatoms. The molecule has 0 aliphatic heterocycles. The van der Waals surface area contributed by atoms with Crippen LogP contribution in [0.5, 0.6) is 0 Å². The van der Waals surface area contributed by atoms with Crippen molar-refractivity contribution in [1.29, 1.82) is 0 Å². The van der Waals surface area contributed by atoms with Gasteiger partial charge in [0, 0.05) is 5.88 Å². The van der Waals surface area contributed by atoms with E-state index in [9.17, 15) is 13.0 Å². The van der Waals surface area contributed by atoms with Crippen LogP contribution < -0.4 is 0 Å². The van der Waals surface area contributed by atoms with Crippen molar-refractivity contribution in [3.63, 3.8) is 0 Å². The second-order valence-corrected chi connectivity index (χ2v) is 4.97. The molecule has 1 radical (unpaired) electrons. The van der Waals surface area contributed by atoms with Crippen molar-refractivity contribution in [2.75, 3.05) is 11.6 Å². The fourth-order valence-corrected chi connectivity index (χ4v) is 1.83. The molecule has 0 fully saturated rings. The molecule has 13 heavy (non-hydrogen) atoms. The molecule has 0 saturated heterocycles. The van der Waals surface area contributed by atoms with Crippen LogP contribution in [0.1, 0.15) is 38.5 Å². The minimum absolute atomic E-state index is 0.220. The molecule has 0 aliphatic rings. The molecule has 0 aromatic carbocycles. The van der Waals surface area contributed by atoms with Gasteiger partial charge in [-0.1, -0.05) is 30.2 Å². The molecule has 79 valence electrons. The van der Waals surface area contributed by atoms with Gasteiger partial charge in [-0.2, -0.15) is 8.42 Å². The molecule has 3 nitrogen and oxygen atoms in total. The summed E-state index contributed by atoms with van der Waals surface area (Å²) in [5.74, 6) is 0.470. The quantitative estimate of drug-likeness (QED) is 0.472. The highest BCUT2D eigenvalue weighted by Gasteiger charge is 2.04. The van der Waals surface area contributed by atoms with E-state index in [1.807, 2.05) is 0 Å². The summed E-state index contributed by atoms with van der Waals surface area (Å²) in [6.07, 6.45) is 5.49. The van der Waals surface area contributed by atoms with E-state index in [1.54, 1.807) is 0 Å². The molecule has 0 spiro atoms. The third-order valence-electron chi connectivity index (χ3n) is 1.78. The van der Waals surface area contributed by atoms with Crippen molar-refractivity contribution < 1.29 is 13.0 Å². The van der Waals surface area contributed by atoms with Gasteiger partial charge in [0.25, 0.3) is 10.1 Å². The van der Waals surface area contributed by atoms with E-state index in [2.05, 4.69) is 0 Å². The maximum atomic E-state index is 10.2. The van der Waals surface area contributed by atoms with Gasteiger partial charge in [0.2, 0.25) is 0 Å². The summed E-state index contributed by atoms with van der Waals surface area (Å²) >= 11 is 5.48. The van der Waals surface area contributed by atoms with Crippen LogP contribution in [0, 0.1) is 0 Å². The first kappa shape index (κ1) is 13.2. The summed E-state index contributed by atoms with van der Waals surface area (Å²) in [5.41, 5.74) is 0. The molecule has 0 aliphatic carbocycles. The maximum absolute atomic E-state index is 10.2. The zero-order chi connectivity index (χ0) is 10.2. The van der Waals surface area contributed by atoms with Crippen molar-refractivity contribution >= 4 is 21.7 Å². The number of alkyl halides is 1. The Balaban J connectivity index is 3.09. The standard InChI is InChI=1S/C8H16ClO3S/c9-7-5-3-1-2-4-6-8-13(10,11)12/h1-8H2. The fraction of sp³-hybridized carbons (Fsp3) is 1.00. The zero-order valence-electron chi connectivity index (χ0n) is 7.67. The number of unbranched alkanes of at least 4 members (excludes halogenated alkanes) is 5. The van der Waals surface area contributed by atoms with Gasteiger partial charge in [-0.3, -0.25) is 0 Å². The molecule has 0 unspecified atom stereocenters. The number of hydrogen-bond donors (Lipinski definition) is 0. The van der Waals surface area contributed by atoms with Crippen molar-refractivity contribution in [3.8, 4) is 0 Å². The van der Waals surface area contributed by atoms with Gasteiger partial charge in [-0.15, -0.1) is 11.6 Å². The lowest BCUT2D eigenvalue weighted by molar-refractivity contribution is 0.412. The Labute approximate surface area is 85.2 Å². The first-order valence-corrected chi connectivity index (χ1v) is 6.67. The molecule has 0 N–H and O–H groups in total. The van der Waals surface area contributed by atoms with E-state index in [4.69, 9.17) is 11.6 Å². The maximum Gasteiger partial charge on any atom is 0.294 e. The second-order valence-electron chi connectivity index (χ2n) is 3.07. The van der Waals surface area contributed by atoms with Crippen molar-refractivity contribution in [2.45, 2.75) is 38.5 Å². The summed E-state index contributed by atoms with van der Waals surface area (Å²) in [7, 11) is -3.99. The van der Waals surface area contributed by atoms with Crippen LogP contribution in [0.25, 0.3) is 0 Å². The van der Waals surface area contributed by atoms with Gasteiger partial charge >= 0.3 is 0 Å². The lowest BCUT2D eigenvalue weighted by atomic mass is 10.1. The molecule has 0 atom stereocenters. The molecule has 0 bridgehead atoms. The summed E-state index contributed by atoms with van der Waals surface area (Å²) in [6.45, 7) is 0. The van der Waals surface area contributed by atoms with E-state index in [0.29, 0.717) is 12.3 Å². The smallest absolute Gasteiger partial charge is 0.197 e. The van der Waals surface area contributed by atoms with Crippen molar-refractivity contribution in [2.24, 2.45) is 0 Å².